The second-order valence-electron chi connectivity index (χ2n) is 6.93. The molecule has 2 N–H and O–H groups in total. The number of hydrogen-bond donors (Lipinski definition) is 2. The molecule has 1 aliphatic rings. The SMILES string of the molecule is CCn1c2ccccc2c2cc(/C=C/C(=O)NCC(=O)NC3CC3)ccc21. The third kappa shape index (κ3) is 3.72. The molecule has 0 bridgehead atoms. The van der Waals surface area contributed by atoms with Gasteiger partial charge in [-0.3, -0.25) is 9.59 Å². The van der Waals surface area contributed by atoms with Crippen molar-refractivity contribution in [3.05, 3.63) is 54.1 Å². The highest BCUT2D eigenvalue weighted by Crippen LogP contribution is 2.29. The molecule has 3 aromatic rings. The predicted molar refractivity (Wildman–Crippen MR) is 108 cm³/mol. The number of carbonyl (C=O) groups excluding carboxylic acids is 2. The summed E-state index contributed by atoms with van der Waals surface area (Å²) >= 11 is 0. The van der Waals surface area contributed by atoms with Gasteiger partial charge in [0, 0.05) is 40.5 Å². The van der Waals surface area contributed by atoms with Gasteiger partial charge in [-0.1, -0.05) is 24.3 Å². The number of aryl methyl sites for hydroxylation is 1. The Balaban J connectivity index is 1.50. The van der Waals surface area contributed by atoms with Crippen molar-refractivity contribution < 1.29 is 9.59 Å². The molecule has 1 heterocycles. The summed E-state index contributed by atoms with van der Waals surface area (Å²) in [6, 6.07) is 14.9. The molecule has 2 amide bonds. The number of rotatable bonds is 6. The van der Waals surface area contributed by atoms with E-state index in [4.69, 9.17) is 0 Å². The molecule has 0 atom stereocenters. The Morgan fingerprint density at radius 2 is 1.89 bits per heavy atom. The monoisotopic (exact) mass is 361 g/mol. The fourth-order valence-corrected chi connectivity index (χ4v) is 3.42. The minimum absolute atomic E-state index is 0.0166. The van der Waals surface area contributed by atoms with E-state index >= 15 is 0 Å². The first-order chi connectivity index (χ1) is 13.2. The number of amides is 2. The molecule has 0 spiro atoms. The smallest absolute Gasteiger partial charge is 0.244 e. The van der Waals surface area contributed by atoms with Crippen LogP contribution in [0.3, 0.4) is 0 Å². The van der Waals surface area contributed by atoms with Gasteiger partial charge in [0.25, 0.3) is 0 Å². The van der Waals surface area contributed by atoms with Crippen LogP contribution in [-0.2, 0) is 16.1 Å². The average Bonchev–Trinajstić information content (AvgIpc) is 3.44. The molecule has 2 aromatic carbocycles. The fourth-order valence-electron chi connectivity index (χ4n) is 3.42. The second kappa shape index (κ2) is 7.27. The summed E-state index contributed by atoms with van der Waals surface area (Å²) < 4.78 is 2.29. The highest BCUT2D eigenvalue weighted by molar-refractivity contribution is 6.08. The lowest BCUT2D eigenvalue weighted by Gasteiger charge is -2.04. The number of benzene rings is 2. The van der Waals surface area contributed by atoms with Crippen LogP contribution in [0.25, 0.3) is 27.9 Å². The van der Waals surface area contributed by atoms with Gasteiger partial charge in [0.05, 0.1) is 6.54 Å². The molecule has 1 saturated carbocycles. The van der Waals surface area contributed by atoms with Crippen molar-refractivity contribution >= 4 is 39.7 Å². The molecule has 1 aromatic heterocycles. The van der Waals surface area contributed by atoms with Gasteiger partial charge in [-0.2, -0.15) is 0 Å². The summed E-state index contributed by atoms with van der Waals surface area (Å²) in [7, 11) is 0. The molecule has 0 aliphatic heterocycles. The van der Waals surface area contributed by atoms with E-state index in [9.17, 15) is 9.59 Å². The van der Waals surface area contributed by atoms with Crippen molar-refractivity contribution in [1.82, 2.24) is 15.2 Å². The lowest BCUT2D eigenvalue weighted by Crippen LogP contribution is -2.37. The molecule has 1 fully saturated rings. The summed E-state index contributed by atoms with van der Waals surface area (Å²) in [6.07, 6.45) is 5.34. The molecular formula is C22H23N3O2. The largest absolute Gasteiger partial charge is 0.352 e. The number of carbonyl (C=O) groups is 2. The van der Waals surface area contributed by atoms with Crippen LogP contribution >= 0.6 is 0 Å². The first-order valence-corrected chi connectivity index (χ1v) is 9.42. The lowest BCUT2D eigenvalue weighted by molar-refractivity contribution is -0.124. The van der Waals surface area contributed by atoms with Crippen molar-refractivity contribution in [3.63, 3.8) is 0 Å². The van der Waals surface area contributed by atoms with Gasteiger partial charge in [0.15, 0.2) is 0 Å². The number of aromatic nitrogens is 1. The zero-order valence-electron chi connectivity index (χ0n) is 15.4. The van der Waals surface area contributed by atoms with E-state index in [2.05, 4.69) is 52.5 Å². The van der Waals surface area contributed by atoms with Gasteiger partial charge >= 0.3 is 0 Å². The molecular weight excluding hydrogens is 338 g/mol. The Kier molecular flexibility index (Phi) is 4.67. The summed E-state index contributed by atoms with van der Waals surface area (Å²) in [5.41, 5.74) is 3.37. The number of nitrogens with zero attached hydrogens (tertiary/aromatic N) is 1. The van der Waals surface area contributed by atoms with E-state index in [0.717, 1.165) is 24.9 Å². The van der Waals surface area contributed by atoms with Crippen LogP contribution in [-0.4, -0.2) is 29.0 Å². The summed E-state index contributed by atoms with van der Waals surface area (Å²) in [6.45, 7) is 3.07. The van der Waals surface area contributed by atoms with Gasteiger partial charge in [0.2, 0.25) is 11.8 Å². The number of para-hydroxylation sites is 1. The van der Waals surface area contributed by atoms with E-state index < -0.39 is 0 Å². The van der Waals surface area contributed by atoms with Gasteiger partial charge in [-0.15, -0.1) is 0 Å². The molecule has 5 heteroatoms. The molecule has 0 saturated heterocycles. The highest BCUT2D eigenvalue weighted by Gasteiger charge is 2.22. The van der Waals surface area contributed by atoms with Crippen molar-refractivity contribution in [3.8, 4) is 0 Å². The van der Waals surface area contributed by atoms with Crippen molar-refractivity contribution in [2.75, 3.05) is 6.54 Å². The summed E-state index contributed by atoms with van der Waals surface area (Å²) in [5.74, 6) is -0.398. The van der Waals surface area contributed by atoms with Gasteiger partial charge < -0.3 is 15.2 Å². The van der Waals surface area contributed by atoms with Crippen LogP contribution in [0.1, 0.15) is 25.3 Å². The quantitative estimate of drug-likeness (QED) is 0.662. The van der Waals surface area contributed by atoms with Crippen molar-refractivity contribution in [2.45, 2.75) is 32.4 Å². The normalized spacial score (nSPS) is 14.1. The Morgan fingerprint density at radius 1 is 1.11 bits per heavy atom. The van der Waals surface area contributed by atoms with Crippen molar-refractivity contribution in [1.29, 1.82) is 0 Å². The Labute approximate surface area is 158 Å². The molecule has 27 heavy (non-hydrogen) atoms. The van der Waals surface area contributed by atoms with Crippen LogP contribution in [0, 0.1) is 0 Å². The maximum atomic E-state index is 12.0. The third-order valence-corrected chi connectivity index (χ3v) is 4.91. The first kappa shape index (κ1) is 17.3. The van der Waals surface area contributed by atoms with E-state index in [1.165, 1.54) is 27.9 Å². The van der Waals surface area contributed by atoms with Crippen LogP contribution in [0.4, 0.5) is 0 Å². The molecule has 5 nitrogen and oxygen atoms in total. The van der Waals surface area contributed by atoms with Crippen LogP contribution in [0.2, 0.25) is 0 Å². The third-order valence-electron chi connectivity index (χ3n) is 4.91. The van der Waals surface area contributed by atoms with Crippen LogP contribution < -0.4 is 10.6 Å². The number of hydrogen-bond acceptors (Lipinski definition) is 2. The molecule has 4 rings (SSSR count). The van der Waals surface area contributed by atoms with E-state index in [0.29, 0.717) is 6.04 Å². The predicted octanol–water partition coefficient (Wildman–Crippen LogP) is 3.22. The van der Waals surface area contributed by atoms with E-state index in [-0.39, 0.29) is 18.4 Å². The second-order valence-corrected chi connectivity index (χ2v) is 6.93. The summed E-state index contributed by atoms with van der Waals surface area (Å²) in [5, 5.41) is 7.87. The first-order valence-electron chi connectivity index (χ1n) is 9.42. The Hall–Kier alpha value is -3.08. The zero-order chi connectivity index (χ0) is 18.8. The highest BCUT2D eigenvalue weighted by atomic mass is 16.2. The van der Waals surface area contributed by atoms with Gasteiger partial charge in [0.1, 0.15) is 0 Å². The average molecular weight is 361 g/mol. The topological polar surface area (TPSA) is 63.1 Å². The number of nitrogens with one attached hydrogen (secondary N) is 2. The maximum absolute atomic E-state index is 12.0. The van der Waals surface area contributed by atoms with Crippen molar-refractivity contribution in [2.24, 2.45) is 0 Å². The molecule has 0 unspecified atom stereocenters. The molecule has 0 radical (unpaired) electrons. The lowest BCUT2D eigenvalue weighted by atomic mass is 10.1. The van der Waals surface area contributed by atoms with Crippen LogP contribution in [0.5, 0.6) is 0 Å². The zero-order valence-corrected chi connectivity index (χ0v) is 15.4. The van der Waals surface area contributed by atoms with Crippen LogP contribution in [0.15, 0.2) is 48.5 Å². The minimum Gasteiger partial charge on any atom is -0.352 e. The van der Waals surface area contributed by atoms with Gasteiger partial charge in [-0.05, 0) is 49.6 Å². The Morgan fingerprint density at radius 3 is 2.67 bits per heavy atom. The summed E-state index contributed by atoms with van der Waals surface area (Å²) in [4.78, 5) is 23.6. The standard InChI is InChI=1S/C22H23N3O2/c1-2-25-19-6-4-3-5-17(19)18-13-15(7-11-20(18)25)8-12-21(26)23-14-22(27)24-16-9-10-16/h3-8,11-13,16H,2,9-10,14H2,1H3,(H,23,26)(H,24,27)/b12-8+. The maximum Gasteiger partial charge on any atom is 0.244 e. The Bertz CT molecular complexity index is 1040. The number of fused-ring (bicyclic) bond motifs is 3. The fraction of sp³-hybridized carbons (Fsp3) is 0.273. The van der Waals surface area contributed by atoms with E-state index in [1.54, 1.807) is 6.08 Å². The molecule has 1 aliphatic carbocycles. The minimum atomic E-state index is -0.267. The van der Waals surface area contributed by atoms with E-state index in [1.807, 2.05) is 12.1 Å². The van der Waals surface area contributed by atoms with Gasteiger partial charge in [-0.25, -0.2) is 0 Å². The molecule has 138 valence electrons.